The highest BCUT2D eigenvalue weighted by Gasteiger charge is 2.35. The van der Waals surface area contributed by atoms with Crippen LogP contribution in [0.5, 0.6) is 5.75 Å². The van der Waals surface area contributed by atoms with Gasteiger partial charge in [0.05, 0.1) is 11.7 Å². The third-order valence-electron chi connectivity index (χ3n) is 5.45. The Labute approximate surface area is 172 Å². The van der Waals surface area contributed by atoms with E-state index in [1.165, 1.54) is 5.56 Å². The van der Waals surface area contributed by atoms with Crippen LogP contribution in [0.4, 0.5) is 0 Å². The van der Waals surface area contributed by atoms with Crippen LogP contribution in [0, 0.1) is 0 Å². The number of amides is 1. The van der Waals surface area contributed by atoms with E-state index in [0.29, 0.717) is 31.0 Å². The van der Waals surface area contributed by atoms with E-state index in [1.807, 2.05) is 47.4 Å². The largest absolute Gasteiger partial charge is 0.490 e. The topological polar surface area (TPSA) is 64.8 Å². The standard InChI is InChI=1S/C22H26N2O3.ClH/c23-20-14-24(13-19(20)16-7-2-1-3-8-16)22(25)18-10-4-5-11-21(18)27-15-17-9-6-12-26-17;/h1-5,7-8,10-11,17,19-20H,6,9,12-15,23H2;1H/t17?,19-,20+;/m0./s1. The molecular formula is C22H27ClN2O3. The van der Waals surface area contributed by atoms with E-state index >= 15 is 0 Å². The number of likely N-dealkylation sites (tertiary alicyclic amines) is 1. The molecule has 2 aromatic carbocycles. The van der Waals surface area contributed by atoms with Crippen LogP contribution in [-0.2, 0) is 4.74 Å². The molecule has 3 atom stereocenters. The van der Waals surface area contributed by atoms with Gasteiger partial charge in [-0.05, 0) is 30.5 Å². The molecule has 2 fully saturated rings. The van der Waals surface area contributed by atoms with Crippen LogP contribution in [0.1, 0.15) is 34.7 Å². The maximum Gasteiger partial charge on any atom is 0.257 e. The highest BCUT2D eigenvalue weighted by Crippen LogP contribution is 2.29. The Morgan fingerprint density at radius 1 is 1.11 bits per heavy atom. The summed E-state index contributed by atoms with van der Waals surface area (Å²) in [4.78, 5) is 15.0. The van der Waals surface area contributed by atoms with Crippen molar-refractivity contribution < 1.29 is 14.3 Å². The Kier molecular flexibility index (Phi) is 6.94. The number of hydrogen-bond donors (Lipinski definition) is 1. The van der Waals surface area contributed by atoms with Gasteiger partial charge in [0.15, 0.2) is 0 Å². The molecule has 1 amide bonds. The van der Waals surface area contributed by atoms with E-state index in [4.69, 9.17) is 15.2 Å². The van der Waals surface area contributed by atoms with Gasteiger partial charge in [-0.25, -0.2) is 0 Å². The van der Waals surface area contributed by atoms with Gasteiger partial charge in [-0.2, -0.15) is 0 Å². The summed E-state index contributed by atoms with van der Waals surface area (Å²) in [5, 5.41) is 0. The van der Waals surface area contributed by atoms with E-state index in [0.717, 1.165) is 19.4 Å². The van der Waals surface area contributed by atoms with Crippen molar-refractivity contribution in [3.8, 4) is 5.75 Å². The molecule has 150 valence electrons. The quantitative estimate of drug-likeness (QED) is 0.833. The van der Waals surface area contributed by atoms with Crippen molar-refractivity contribution in [1.82, 2.24) is 4.90 Å². The van der Waals surface area contributed by atoms with Gasteiger partial charge in [-0.15, -0.1) is 12.4 Å². The molecule has 4 rings (SSSR count). The highest BCUT2D eigenvalue weighted by atomic mass is 35.5. The maximum absolute atomic E-state index is 13.1. The molecule has 2 aliphatic rings. The van der Waals surface area contributed by atoms with Crippen molar-refractivity contribution in [3.63, 3.8) is 0 Å². The average Bonchev–Trinajstić information content (AvgIpc) is 3.36. The van der Waals surface area contributed by atoms with Crippen molar-refractivity contribution in [2.75, 3.05) is 26.3 Å². The zero-order chi connectivity index (χ0) is 18.6. The molecule has 2 N–H and O–H groups in total. The van der Waals surface area contributed by atoms with E-state index in [-0.39, 0.29) is 36.4 Å². The first-order valence-corrected chi connectivity index (χ1v) is 9.65. The second-order valence-electron chi connectivity index (χ2n) is 7.33. The molecule has 0 saturated carbocycles. The normalized spacial score (nSPS) is 24.0. The predicted molar refractivity (Wildman–Crippen MR) is 111 cm³/mol. The number of hydrogen-bond acceptors (Lipinski definition) is 4. The minimum Gasteiger partial charge on any atom is -0.490 e. The highest BCUT2D eigenvalue weighted by molar-refractivity contribution is 5.97. The lowest BCUT2D eigenvalue weighted by molar-refractivity contribution is 0.0657. The summed E-state index contributed by atoms with van der Waals surface area (Å²) in [6, 6.07) is 17.6. The van der Waals surface area contributed by atoms with Crippen LogP contribution in [0.2, 0.25) is 0 Å². The SMILES string of the molecule is Cl.N[C@@H]1CN(C(=O)c2ccccc2OCC2CCCO2)C[C@H]1c1ccccc1. The monoisotopic (exact) mass is 402 g/mol. The van der Waals surface area contributed by atoms with Crippen LogP contribution in [0.3, 0.4) is 0 Å². The van der Waals surface area contributed by atoms with Gasteiger partial charge in [0.1, 0.15) is 12.4 Å². The zero-order valence-electron chi connectivity index (χ0n) is 15.8. The number of carbonyl (C=O) groups is 1. The fraction of sp³-hybridized carbons (Fsp3) is 0.409. The summed E-state index contributed by atoms with van der Waals surface area (Å²) in [7, 11) is 0. The van der Waals surface area contributed by atoms with Gasteiger partial charge in [-0.1, -0.05) is 42.5 Å². The Morgan fingerprint density at radius 3 is 2.61 bits per heavy atom. The molecule has 0 aromatic heterocycles. The maximum atomic E-state index is 13.1. The molecule has 0 aliphatic carbocycles. The third-order valence-corrected chi connectivity index (χ3v) is 5.45. The van der Waals surface area contributed by atoms with Crippen molar-refractivity contribution in [3.05, 3.63) is 65.7 Å². The molecule has 5 nitrogen and oxygen atoms in total. The molecule has 0 spiro atoms. The molecule has 2 aliphatic heterocycles. The van der Waals surface area contributed by atoms with Crippen molar-refractivity contribution in [2.24, 2.45) is 5.73 Å². The fourth-order valence-electron chi connectivity index (χ4n) is 3.95. The zero-order valence-corrected chi connectivity index (χ0v) is 16.6. The summed E-state index contributed by atoms with van der Waals surface area (Å²) in [6.45, 7) is 2.46. The van der Waals surface area contributed by atoms with E-state index in [1.54, 1.807) is 0 Å². The first-order valence-electron chi connectivity index (χ1n) is 9.65. The Bertz CT molecular complexity index is 780. The Morgan fingerprint density at radius 2 is 1.86 bits per heavy atom. The second kappa shape index (κ2) is 9.41. The minimum atomic E-state index is -0.0590. The minimum absolute atomic E-state index is 0. The molecule has 28 heavy (non-hydrogen) atoms. The molecule has 2 heterocycles. The lowest BCUT2D eigenvalue weighted by Gasteiger charge is -2.19. The van der Waals surface area contributed by atoms with Crippen LogP contribution < -0.4 is 10.5 Å². The van der Waals surface area contributed by atoms with Gasteiger partial charge < -0.3 is 20.1 Å². The van der Waals surface area contributed by atoms with Gasteiger partial charge in [-0.3, -0.25) is 4.79 Å². The number of benzene rings is 2. The summed E-state index contributed by atoms with van der Waals surface area (Å²) in [6.07, 6.45) is 2.20. The lowest BCUT2D eigenvalue weighted by Crippen LogP contribution is -2.32. The van der Waals surface area contributed by atoms with Crippen molar-refractivity contribution in [1.29, 1.82) is 0 Å². The molecule has 0 bridgehead atoms. The van der Waals surface area contributed by atoms with Gasteiger partial charge in [0.2, 0.25) is 0 Å². The summed E-state index contributed by atoms with van der Waals surface area (Å²) in [5.41, 5.74) is 8.13. The molecule has 6 heteroatoms. The fourth-order valence-corrected chi connectivity index (χ4v) is 3.95. The Hall–Kier alpha value is -2.08. The second-order valence-corrected chi connectivity index (χ2v) is 7.33. The molecule has 1 unspecified atom stereocenters. The first kappa shape index (κ1) is 20.6. The van der Waals surface area contributed by atoms with Gasteiger partial charge >= 0.3 is 0 Å². The lowest BCUT2D eigenvalue weighted by atomic mass is 9.95. The number of para-hydroxylation sites is 1. The number of nitrogens with zero attached hydrogens (tertiary/aromatic N) is 1. The number of nitrogens with two attached hydrogens (primary N) is 1. The van der Waals surface area contributed by atoms with Crippen molar-refractivity contribution in [2.45, 2.75) is 30.9 Å². The smallest absolute Gasteiger partial charge is 0.257 e. The summed E-state index contributed by atoms with van der Waals surface area (Å²) >= 11 is 0. The van der Waals surface area contributed by atoms with Gasteiger partial charge in [0.25, 0.3) is 5.91 Å². The van der Waals surface area contributed by atoms with Crippen LogP contribution in [0.25, 0.3) is 0 Å². The number of halogens is 1. The van der Waals surface area contributed by atoms with Crippen molar-refractivity contribution >= 4 is 18.3 Å². The average molecular weight is 403 g/mol. The Balaban J connectivity index is 0.00000225. The first-order chi connectivity index (χ1) is 13.2. The van der Waals surface area contributed by atoms with E-state index < -0.39 is 0 Å². The number of carbonyl (C=O) groups excluding carboxylic acids is 1. The predicted octanol–water partition coefficient (Wildman–Crippen LogP) is 3.23. The number of ether oxygens (including phenoxy) is 2. The van der Waals surface area contributed by atoms with Crippen LogP contribution in [-0.4, -0.2) is 49.3 Å². The van der Waals surface area contributed by atoms with E-state index in [9.17, 15) is 4.79 Å². The van der Waals surface area contributed by atoms with Gasteiger partial charge in [0, 0.05) is 31.7 Å². The summed E-state index contributed by atoms with van der Waals surface area (Å²) < 4.78 is 11.6. The molecular weight excluding hydrogens is 376 g/mol. The summed E-state index contributed by atoms with van der Waals surface area (Å²) in [5.74, 6) is 0.761. The van der Waals surface area contributed by atoms with E-state index in [2.05, 4.69) is 12.1 Å². The van der Waals surface area contributed by atoms with Crippen LogP contribution in [0.15, 0.2) is 54.6 Å². The molecule has 0 radical (unpaired) electrons. The molecule has 2 saturated heterocycles. The number of rotatable bonds is 5. The third kappa shape index (κ3) is 4.49. The molecule has 2 aromatic rings. The van der Waals surface area contributed by atoms with Crippen LogP contribution >= 0.6 is 12.4 Å².